The molecular weight excluding hydrogens is 456 g/mol. The fourth-order valence-corrected chi connectivity index (χ4v) is 2.88. The minimum Gasteiger partial charge on any atom is -0.480 e. The SMILES string of the molecule is CC(Oc1ccccc1Br)C(=O)NN=Cc1cc2c(cc1Br)OCO2. The number of carbonyl (C=O) groups excluding carboxylic acids is 1. The van der Waals surface area contributed by atoms with Gasteiger partial charge in [-0.25, -0.2) is 5.43 Å². The molecule has 0 saturated heterocycles. The van der Waals surface area contributed by atoms with Crippen LogP contribution in [0.4, 0.5) is 0 Å². The van der Waals surface area contributed by atoms with E-state index in [1.54, 1.807) is 25.1 Å². The van der Waals surface area contributed by atoms with Crippen molar-refractivity contribution in [1.82, 2.24) is 5.43 Å². The molecule has 2 aromatic carbocycles. The van der Waals surface area contributed by atoms with Crippen molar-refractivity contribution in [3.8, 4) is 17.2 Å². The van der Waals surface area contributed by atoms with Gasteiger partial charge in [-0.2, -0.15) is 5.10 Å². The zero-order valence-electron chi connectivity index (χ0n) is 13.2. The maximum atomic E-state index is 12.1. The molecule has 8 heteroatoms. The summed E-state index contributed by atoms with van der Waals surface area (Å²) in [6, 6.07) is 10.9. The highest BCUT2D eigenvalue weighted by Crippen LogP contribution is 2.36. The molecule has 0 aromatic heterocycles. The van der Waals surface area contributed by atoms with Crippen molar-refractivity contribution >= 4 is 44.0 Å². The standard InChI is InChI=1S/C17H14Br2N2O4/c1-10(25-14-5-3-2-4-12(14)18)17(22)21-20-8-11-6-15-16(7-13(11)19)24-9-23-15/h2-8,10H,9H2,1H3,(H,21,22). The molecule has 0 radical (unpaired) electrons. The molecule has 0 bridgehead atoms. The van der Waals surface area contributed by atoms with Crippen LogP contribution in [0.15, 0.2) is 50.4 Å². The Hall–Kier alpha value is -2.06. The van der Waals surface area contributed by atoms with Crippen LogP contribution in [0.25, 0.3) is 0 Å². The third kappa shape index (κ3) is 4.32. The zero-order valence-corrected chi connectivity index (χ0v) is 16.3. The van der Waals surface area contributed by atoms with E-state index in [2.05, 4.69) is 42.4 Å². The molecule has 1 atom stereocenters. The molecule has 1 aliphatic heterocycles. The molecule has 1 heterocycles. The number of rotatable bonds is 5. The van der Waals surface area contributed by atoms with Gasteiger partial charge in [0.2, 0.25) is 6.79 Å². The van der Waals surface area contributed by atoms with E-state index < -0.39 is 6.10 Å². The summed E-state index contributed by atoms with van der Waals surface area (Å²) in [5.74, 6) is 1.54. The first-order valence-electron chi connectivity index (χ1n) is 7.38. The summed E-state index contributed by atoms with van der Waals surface area (Å²) in [5, 5.41) is 3.97. The minimum absolute atomic E-state index is 0.197. The van der Waals surface area contributed by atoms with E-state index in [0.29, 0.717) is 17.2 Å². The van der Waals surface area contributed by atoms with E-state index in [1.807, 2.05) is 18.2 Å². The molecule has 0 fully saturated rings. The predicted molar refractivity (Wildman–Crippen MR) is 100 cm³/mol. The highest BCUT2D eigenvalue weighted by molar-refractivity contribution is 9.10. The van der Waals surface area contributed by atoms with Gasteiger partial charge in [-0.1, -0.05) is 12.1 Å². The van der Waals surface area contributed by atoms with Gasteiger partial charge in [0.1, 0.15) is 5.75 Å². The highest BCUT2D eigenvalue weighted by Gasteiger charge is 2.17. The van der Waals surface area contributed by atoms with Crippen molar-refractivity contribution in [2.45, 2.75) is 13.0 Å². The Morgan fingerprint density at radius 1 is 1.24 bits per heavy atom. The fraction of sp³-hybridized carbons (Fsp3) is 0.176. The molecule has 1 unspecified atom stereocenters. The third-order valence-corrected chi connectivity index (χ3v) is 4.72. The quantitative estimate of drug-likeness (QED) is 0.533. The molecule has 3 rings (SSSR count). The summed E-state index contributed by atoms with van der Waals surface area (Å²) in [6.07, 6.45) is 0.825. The molecule has 1 amide bonds. The van der Waals surface area contributed by atoms with Crippen LogP contribution in [0.2, 0.25) is 0 Å². The molecule has 0 spiro atoms. The number of benzene rings is 2. The lowest BCUT2D eigenvalue weighted by Crippen LogP contribution is -2.33. The average Bonchev–Trinajstić information content (AvgIpc) is 3.04. The van der Waals surface area contributed by atoms with E-state index >= 15 is 0 Å². The van der Waals surface area contributed by atoms with Gasteiger partial charge >= 0.3 is 0 Å². The number of hydrazone groups is 1. The van der Waals surface area contributed by atoms with Crippen LogP contribution < -0.4 is 19.6 Å². The number of nitrogens with one attached hydrogen (secondary N) is 1. The van der Waals surface area contributed by atoms with Crippen molar-refractivity contribution in [3.63, 3.8) is 0 Å². The van der Waals surface area contributed by atoms with E-state index in [0.717, 1.165) is 14.5 Å². The van der Waals surface area contributed by atoms with Crippen molar-refractivity contribution in [1.29, 1.82) is 0 Å². The second-order valence-corrected chi connectivity index (χ2v) is 6.86. The number of halogens is 2. The minimum atomic E-state index is -0.698. The predicted octanol–water partition coefficient (Wildman–Crippen LogP) is 3.86. The van der Waals surface area contributed by atoms with Crippen LogP contribution in [-0.2, 0) is 4.79 Å². The molecule has 1 aliphatic rings. The Balaban J connectivity index is 1.60. The van der Waals surface area contributed by atoms with Crippen molar-refractivity contribution in [2.75, 3.05) is 6.79 Å². The summed E-state index contributed by atoms with van der Waals surface area (Å²) >= 11 is 6.80. The van der Waals surface area contributed by atoms with Crippen LogP contribution >= 0.6 is 31.9 Å². The Bertz CT molecular complexity index is 826. The lowest BCUT2D eigenvalue weighted by atomic mass is 10.2. The van der Waals surface area contributed by atoms with Gasteiger partial charge in [0.25, 0.3) is 5.91 Å². The topological polar surface area (TPSA) is 69.2 Å². The normalized spacial score (nSPS) is 13.7. The maximum absolute atomic E-state index is 12.1. The summed E-state index contributed by atoms with van der Waals surface area (Å²) < 4.78 is 17.8. The van der Waals surface area contributed by atoms with Gasteiger partial charge in [-0.15, -0.1) is 0 Å². The number of carbonyl (C=O) groups is 1. The number of amides is 1. The first-order chi connectivity index (χ1) is 12.0. The monoisotopic (exact) mass is 468 g/mol. The van der Waals surface area contributed by atoms with Gasteiger partial charge < -0.3 is 14.2 Å². The van der Waals surface area contributed by atoms with E-state index in [1.165, 1.54) is 6.21 Å². The second kappa shape index (κ2) is 7.88. The van der Waals surface area contributed by atoms with Gasteiger partial charge in [-0.3, -0.25) is 4.79 Å². The lowest BCUT2D eigenvalue weighted by Gasteiger charge is -2.13. The number of ether oxygens (including phenoxy) is 3. The summed E-state index contributed by atoms with van der Waals surface area (Å²) in [4.78, 5) is 12.1. The number of hydrogen-bond donors (Lipinski definition) is 1. The van der Waals surface area contributed by atoms with Crippen molar-refractivity contribution in [3.05, 3.63) is 50.9 Å². The van der Waals surface area contributed by atoms with Crippen LogP contribution in [0.3, 0.4) is 0 Å². The average molecular weight is 470 g/mol. The van der Waals surface area contributed by atoms with Crippen LogP contribution in [0, 0.1) is 0 Å². The van der Waals surface area contributed by atoms with Gasteiger partial charge in [-0.05, 0) is 63.0 Å². The molecule has 2 aromatic rings. The number of para-hydroxylation sites is 1. The Kier molecular flexibility index (Phi) is 5.60. The number of hydrogen-bond acceptors (Lipinski definition) is 5. The Morgan fingerprint density at radius 2 is 1.96 bits per heavy atom. The van der Waals surface area contributed by atoms with Crippen LogP contribution in [0.1, 0.15) is 12.5 Å². The summed E-state index contributed by atoms with van der Waals surface area (Å²) in [6.45, 7) is 1.85. The molecule has 130 valence electrons. The molecule has 0 saturated carbocycles. The molecule has 25 heavy (non-hydrogen) atoms. The molecular formula is C17H14Br2N2O4. The van der Waals surface area contributed by atoms with Gasteiger partial charge in [0.05, 0.1) is 10.7 Å². The van der Waals surface area contributed by atoms with Gasteiger partial charge in [0, 0.05) is 10.0 Å². The molecule has 0 aliphatic carbocycles. The first-order valence-corrected chi connectivity index (χ1v) is 8.96. The summed E-state index contributed by atoms with van der Waals surface area (Å²) in [5.41, 5.74) is 3.22. The molecule has 1 N–H and O–H groups in total. The lowest BCUT2D eigenvalue weighted by molar-refractivity contribution is -0.127. The highest BCUT2D eigenvalue weighted by atomic mass is 79.9. The zero-order chi connectivity index (χ0) is 17.8. The van der Waals surface area contributed by atoms with E-state index in [9.17, 15) is 4.79 Å². The van der Waals surface area contributed by atoms with Crippen LogP contribution in [0.5, 0.6) is 17.2 Å². The first kappa shape index (κ1) is 17.8. The van der Waals surface area contributed by atoms with Crippen LogP contribution in [-0.4, -0.2) is 25.0 Å². The Morgan fingerprint density at radius 3 is 2.72 bits per heavy atom. The number of fused-ring (bicyclic) bond motifs is 1. The summed E-state index contributed by atoms with van der Waals surface area (Å²) in [7, 11) is 0. The maximum Gasteiger partial charge on any atom is 0.280 e. The smallest absolute Gasteiger partial charge is 0.280 e. The third-order valence-electron chi connectivity index (χ3n) is 3.38. The number of nitrogens with zero attached hydrogens (tertiary/aromatic N) is 1. The molecule has 6 nitrogen and oxygen atoms in total. The fourth-order valence-electron chi connectivity index (χ4n) is 2.07. The van der Waals surface area contributed by atoms with Crippen molar-refractivity contribution in [2.24, 2.45) is 5.10 Å². The van der Waals surface area contributed by atoms with E-state index in [4.69, 9.17) is 14.2 Å². The largest absolute Gasteiger partial charge is 0.480 e. The van der Waals surface area contributed by atoms with E-state index in [-0.39, 0.29) is 12.7 Å². The Labute approximate surface area is 161 Å². The second-order valence-electron chi connectivity index (χ2n) is 5.15. The van der Waals surface area contributed by atoms with Gasteiger partial charge in [0.15, 0.2) is 17.6 Å². The van der Waals surface area contributed by atoms with Crippen molar-refractivity contribution < 1.29 is 19.0 Å².